The van der Waals surface area contributed by atoms with Gasteiger partial charge in [0.2, 0.25) is 17.7 Å². The third-order valence-corrected chi connectivity index (χ3v) is 6.37. The van der Waals surface area contributed by atoms with Crippen molar-refractivity contribution in [2.24, 2.45) is 17.8 Å². The Bertz CT molecular complexity index is 865. The monoisotopic (exact) mass is 519 g/mol. The van der Waals surface area contributed by atoms with E-state index in [-0.39, 0.29) is 48.7 Å². The molecule has 2 atom stereocenters. The molecule has 0 spiro atoms. The second kappa shape index (κ2) is 16.0. The van der Waals surface area contributed by atoms with E-state index in [1.54, 1.807) is 7.05 Å². The van der Waals surface area contributed by atoms with Crippen molar-refractivity contribution in [3.05, 3.63) is 35.9 Å². The van der Waals surface area contributed by atoms with E-state index in [0.717, 1.165) is 11.5 Å². The highest BCUT2D eigenvalue weighted by Gasteiger charge is 2.35. The third kappa shape index (κ3) is 11.8. The average molecular weight is 520 g/mol. The second-order valence-corrected chi connectivity index (χ2v) is 11.1. The Hall–Kier alpha value is -2.90. The number of aliphatic carboxylic acids is 1. The summed E-state index contributed by atoms with van der Waals surface area (Å²) in [5, 5.41) is 11.9. The van der Waals surface area contributed by atoms with Crippen molar-refractivity contribution in [2.75, 3.05) is 26.7 Å². The predicted molar refractivity (Wildman–Crippen MR) is 148 cm³/mol. The molecule has 8 heteroatoms. The SMILES string of the molecule is CC(C)C.CC[C@H](C(=O)NCC(=O)N(C)[C@H](CN(CC(=O)O)C(C)=O)C(C)C)C(C)(C)c1ccccc1. The maximum atomic E-state index is 13.0. The molecule has 0 radical (unpaired) electrons. The largest absolute Gasteiger partial charge is 0.480 e. The van der Waals surface area contributed by atoms with Gasteiger partial charge in [-0.25, -0.2) is 0 Å². The van der Waals surface area contributed by atoms with Crippen LogP contribution in [0.4, 0.5) is 0 Å². The van der Waals surface area contributed by atoms with Gasteiger partial charge in [-0.15, -0.1) is 0 Å². The Morgan fingerprint density at radius 1 is 1.00 bits per heavy atom. The first-order chi connectivity index (χ1) is 17.1. The lowest BCUT2D eigenvalue weighted by atomic mass is 9.71. The quantitative estimate of drug-likeness (QED) is 0.431. The summed E-state index contributed by atoms with van der Waals surface area (Å²) in [7, 11) is 1.61. The molecule has 0 unspecified atom stereocenters. The zero-order valence-corrected chi connectivity index (χ0v) is 24.5. The summed E-state index contributed by atoms with van der Waals surface area (Å²) < 4.78 is 0. The van der Waals surface area contributed by atoms with Gasteiger partial charge in [0.25, 0.3) is 0 Å². The standard InChI is InChI=1S/C25H39N3O5.C4H10/c1-8-20(25(5,6)19-12-10-9-11-13-19)24(33)26-14-22(30)27(7)21(17(2)3)15-28(18(4)29)16-23(31)32;1-4(2)3/h9-13,17,20-21H,8,14-16H2,1-7H3,(H,26,33)(H,31,32);4H,1-3H3/t20-,21-;/m1./s1. The molecule has 0 saturated heterocycles. The van der Waals surface area contributed by atoms with Gasteiger partial charge in [-0.3, -0.25) is 19.2 Å². The van der Waals surface area contributed by atoms with E-state index in [9.17, 15) is 19.2 Å². The van der Waals surface area contributed by atoms with Crippen molar-refractivity contribution in [3.8, 4) is 0 Å². The minimum absolute atomic E-state index is 0.0225. The van der Waals surface area contributed by atoms with Crippen molar-refractivity contribution in [2.45, 2.75) is 80.2 Å². The lowest BCUT2D eigenvalue weighted by Crippen LogP contribution is -2.52. The molecule has 0 aliphatic rings. The number of hydrogen-bond donors (Lipinski definition) is 2. The van der Waals surface area contributed by atoms with Crippen LogP contribution in [0.15, 0.2) is 30.3 Å². The molecule has 0 bridgehead atoms. The zero-order chi connectivity index (χ0) is 28.9. The number of nitrogens with zero attached hydrogens (tertiary/aromatic N) is 2. The smallest absolute Gasteiger partial charge is 0.323 e. The number of carboxylic acids is 1. The molecule has 37 heavy (non-hydrogen) atoms. The van der Waals surface area contributed by atoms with Crippen LogP contribution in [-0.2, 0) is 24.6 Å². The van der Waals surface area contributed by atoms with Crippen LogP contribution in [0.3, 0.4) is 0 Å². The van der Waals surface area contributed by atoms with Gasteiger partial charge in [0.15, 0.2) is 0 Å². The normalized spacial score (nSPS) is 12.8. The minimum atomic E-state index is -1.11. The summed E-state index contributed by atoms with van der Waals surface area (Å²) in [5.74, 6) is -1.47. The first kappa shape index (κ1) is 34.1. The molecular weight excluding hydrogens is 470 g/mol. The van der Waals surface area contributed by atoms with E-state index in [1.165, 1.54) is 16.7 Å². The molecule has 3 amide bonds. The minimum Gasteiger partial charge on any atom is -0.480 e. The van der Waals surface area contributed by atoms with Crippen LogP contribution in [0.2, 0.25) is 0 Å². The molecule has 8 nitrogen and oxygen atoms in total. The second-order valence-electron chi connectivity index (χ2n) is 11.1. The van der Waals surface area contributed by atoms with Gasteiger partial charge >= 0.3 is 5.97 Å². The number of carboxylic acid groups (broad SMARTS) is 1. The molecule has 2 N–H and O–H groups in total. The van der Waals surface area contributed by atoms with Crippen LogP contribution < -0.4 is 5.32 Å². The van der Waals surface area contributed by atoms with Crippen LogP contribution >= 0.6 is 0 Å². The number of nitrogens with one attached hydrogen (secondary N) is 1. The Labute approximate surface area is 223 Å². The predicted octanol–water partition coefficient (Wildman–Crippen LogP) is 4.19. The highest BCUT2D eigenvalue weighted by molar-refractivity contribution is 5.87. The molecule has 0 saturated carbocycles. The molecular formula is C29H49N3O5. The Balaban J connectivity index is 0.00000300. The molecule has 0 fully saturated rings. The van der Waals surface area contributed by atoms with Crippen LogP contribution in [-0.4, -0.2) is 71.3 Å². The molecule has 0 aliphatic heterocycles. The fourth-order valence-corrected chi connectivity index (χ4v) is 4.16. The lowest BCUT2D eigenvalue weighted by molar-refractivity contribution is -0.145. The van der Waals surface area contributed by atoms with E-state index in [1.807, 2.05) is 65.0 Å². The maximum Gasteiger partial charge on any atom is 0.323 e. The van der Waals surface area contributed by atoms with Crippen LogP contribution in [0.25, 0.3) is 0 Å². The first-order valence-corrected chi connectivity index (χ1v) is 13.1. The van der Waals surface area contributed by atoms with Crippen LogP contribution in [0, 0.1) is 17.8 Å². The first-order valence-electron chi connectivity index (χ1n) is 13.1. The fourth-order valence-electron chi connectivity index (χ4n) is 4.16. The number of carbonyl (C=O) groups is 4. The van der Waals surface area contributed by atoms with Gasteiger partial charge in [0.1, 0.15) is 6.54 Å². The van der Waals surface area contributed by atoms with Gasteiger partial charge in [-0.05, 0) is 23.8 Å². The average Bonchev–Trinajstić information content (AvgIpc) is 2.79. The third-order valence-electron chi connectivity index (χ3n) is 6.37. The van der Waals surface area contributed by atoms with E-state index >= 15 is 0 Å². The van der Waals surface area contributed by atoms with E-state index in [2.05, 4.69) is 26.1 Å². The summed E-state index contributed by atoms with van der Waals surface area (Å²) >= 11 is 0. The molecule has 0 aliphatic carbocycles. The molecule has 1 rings (SSSR count). The van der Waals surface area contributed by atoms with Crippen molar-refractivity contribution in [3.63, 3.8) is 0 Å². The summed E-state index contributed by atoms with van der Waals surface area (Å²) in [5.41, 5.74) is 0.645. The number of likely N-dealkylation sites (N-methyl/N-ethyl adjacent to an activating group) is 1. The van der Waals surface area contributed by atoms with Crippen molar-refractivity contribution < 1.29 is 24.3 Å². The highest BCUT2D eigenvalue weighted by atomic mass is 16.4. The van der Waals surface area contributed by atoms with Gasteiger partial charge in [-0.1, -0.05) is 85.7 Å². The number of carbonyl (C=O) groups excluding carboxylic acids is 3. The summed E-state index contributed by atoms with van der Waals surface area (Å²) in [6, 6.07) is 9.44. The molecule has 1 aromatic rings. The van der Waals surface area contributed by atoms with Crippen molar-refractivity contribution in [1.29, 1.82) is 0 Å². The van der Waals surface area contributed by atoms with Gasteiger partial charge in [-0.2, -0.15) is 0 Å². The summed E-state index contributed by atoms with van der Waals surface area (Å²) in [6.45, 7) is 17.1. The lowest BCUT2D eigenvalue weighted by Gasteiger charge is -2.36. The highest BCUT2D eigenvalue weighted by Crippen LogP contribution is 2.33. The summed E-state index contributed by atoms with van der Waals surface area (Å²) in [4.78, 5) is 51.6. The number of hydrogen-bond acceptors (Lipinski definition) is 4. The maximum absolute atomic E-state index is 13.0. The Morgan fingerprint density at radius 3 is 1.92 bits per heavy atom. The van der Waals surface area contributed by atoms with E-state index < -0.39 is 17.9 Å². The fraction of sp³-hybridized carbons (Fsp3) is 0.655. The van der Waals surface area contributed by atoms with Gasteiger partial charge < -0.3 is 20.2 Å². The summed E-state index contributed by atoms with van der Waals surface area (Å²) in [6.07, 6.45) is 0.620. The van der Waals surface area contributed by atoms with E-state index in [4.69, 9.17) is 5.11 Å². The number of rotatable bonds is 12. The molecule has 0 aromatic heterocycles. The zero-order valence-electron chi connectivity index (χ0n) is 24.5. The van der Waals surface area contributed by atoms with Gasteiger partial charge in [0, 0.05) is 31.8 Å². The number of amides is 3. The van der Waals surface area contributed by atoms with Gasteiger partial charge in [0.05, 0.1) is 12.6 Å². The molecule has 210 valence electrons. The van der Waals surface area contributed by atoms with Crippen molar-refractivity contribution >= 4 is 23.7 Å². The van der Waals surface area contributed by atoms with Crippen molar-refractivity contribution in [1.82, 2.24) is 15.1 Å². The topological polar surface area (TPSA) is 107 Å². The molecule has 0 heterocycles. The molecule has 1 aromatic carbocycles. The van der Waals surface area contributed by atoms with E-state index in [0.29, 0.717) is 6.42 Å². The Kier molecular flexibility index (Phi) is 14.8. The number of benzene rings is 1. The van der Waals surface area contributed by atoms with Crippen LogP contribution in [0.1, 0.15) is 74.3 Å². The Morgan fingerprint density at radius 2 is 1.51 bits per heavy atom. The van der Waals surface area contributed by atoms with Crippen LogP contribution in [0.5, 0.6) is 0 Å².